The van der Waals surface area contributed by atoms with Gasteiger partial charge in [-0.3, -0.25) is 14.5 Å². The van der Waals surface area contributed by atoms with Crippen molar-refractivity contribution in [3.05, 3.63) is 136 Å². The number of aliphatic hydroxyl groups excluding tert-OH is 1. The number of nitrogens with zero attached hydrogens (tertiary/aromatic N) is 3. The van der Waals surface area contributed by atoms with E-state index in [2.05, 4.69) is 34.5 Å². The van der Waals surface area contributed by atoms with E-state index in [1.54, 1.807) is 55.6 Å². The maximum atomic E-state index is 13.6. The van der Waals surface area contributed by atoms with Crippen molar-refractivity contribution in [1.29, 1.82) is 0 Å². The summed E-state index contributed by atoms with van der Waals surface area (Å²) in [5.74, 6) is -0.0674. The van der Waals surface area contributed by atoms with Crippen LogP contribution in [0, 0.1) is 13.8 Å². The second-order valence-electron chi connectivity index (χ2n) is 10.8. The van der Waals surface area contributed by atoms with Crippen molar-refractivity contribution in [3.8, 4) is 11.5 Å². The average molecular weight is 650 g/mol. The largest absolute Gasteiger partial charge is 0.507 e. The van der Waals surface area contributed by atoms with E-state index in [1.165, 1.54) is 33.6 Å². The molecule has 5 aromatic rings. The zero-order valence-electron chi connectivity index (χ0n) is 25.5. The Hall–Kier alpha value is -4.93. The monoisotopic (exact) mass is 649 g/mol. The van der Waals surface area contributed by atoms with Crippen LogP contribution in [0.15, 0.2) is 107 Å². The number of aromatic nitrogens is 2. The Morgan fingerprint density at radius 1 is 0.913 bits per heavy atom. The predicted octanol–water partition coefficient (Wildman–Crippen LogP) is 7.66. The molecule has 10 heteroatoms. The number of benzene rings is 4. The summed E-state index contributed by atoms with van der Waals surface area (Å²) in [7, 11) is 1.54. The van der Waals surface area contributed by atoms with Crippen LogP contribution in [-0.2, 0) is 21.9 Å². The second kappa shape index (κ2) is 13.6. The molecular formula is C36H31N3O5S2. The van der Waals surface area contributed by atoms with E-state index in [1.807, 2.05) is 38.1 Å². The van der Waals surface area contributed by atoms with E-state index in [-0.39, 0.29) is 16.5 Å². The molecule has 1 amide bonds. The van der Waals surface area contributed by atoms with Crippen molar-refractivity contribution in [2.75, 3.05) is 12.0 Å². The summed E-state index contributed by atoms with van der Waals surface area (Å²) in [6, 6.07) is 29.2. The lowest BCUT2D eigenvalue weighted by Crippen LogP contribution is -2.29. The SMILES string of the molecule is COc1cccc(C2C(=C(O)c3ccc(OCc4ccccc4C)cc3)C(=O)C(=O)N2c2nnc(SCc3ccc(C)cc3)s2)c1. The van der Waals surface area contributed by atoms with E-state index in [0.717, 1.165) is 16.7 Å². The van der Waals surface area contributed by atoms with Gasteiger partial charge in [0.2, 0.25) is 5.13 Å². The van der Waals surface area contributed by atoms with Crippen LogP contribution in [-0.4, -0.2) is 34.1 Å². The lowest BCUT2D eigenvalue weighted by molar-refractivity contribution is -0.132. The van der Waals surface area contributed by atoms with Gasteiger partial charge in [-0.1, -0.05) is 89.3 Å². The topological polar surface area (TPSA) is 102 Å². The molecule has 46 heavy (non-hydrogen) atoms. The molecule has 232 valence electrons. The molecule has 0 aliphatic carbocycles. The molecule has 1 saturated heterocycles. The number of ketones is 1. The minimum absolute atomic E-state index is 0.0455. The number of ether oxygens (including phenoxy) is 2. The Morgan fingerprint density at radius 3 is 2.41 bits per heavy atom. The van der Waals surface area contributed by atoms with E-state index in [4.69, 9.17) is 9.47 Å². The summed E-state index contributed by atoms with van der Waals surface area (Å²) in [6.07, 6.45) is 0. The number of anilines is 1. The van der Waals surface area contributed by atoms with Gasteiger partial charge in [-0.15, -0.1) is 10.2 Å². The van der Waals surface area contributed by atoms with Gasteiger partial charge >= 0.3 is 5.91 Å². The number of rotatable bonds is 10. The second-order valence-corrected chi connectivity index (χ2v) is 13.0. The molecule has 1 N–H and O–H groups in total. The summed E-state index contributed by atoms with van der Waals surface area (Å²) in [6.45, 7) is 4.46. The molecule has 0 spiro atoms. The number of hydrogen-bond acceptors (Lipinski definition) is 9. The lowest BCUT2D eigenvalue weighted by atomic mass is 9.95. The fourth-order valence-corrected chi connectivity index (χ4v) is 6.97. The fraction of sp³-hybridized carbons (Fsp3) is 0.167. The highest BCUT2D eigenvalue weighted by molar-refractivity contribution is 8.00. The van der Waals surface area contributed by atoms with Crippen molar-refractivity contribution >= 4 is 45.7 Å². The Bertz CT molecular complexity index is 1920. The number of aliphatic hydroxyl groups is 1. The predicted molar refractivity (Wildman–Crippen MR) is 180 cm³/mol. The summed E-state index contributed by atoms with van der Waals surface area (Å²) in [4.78, 5) is 28.6. The number of aryl methyl sites for hydroxylation is 2. The van der Waals surface area contributed by atoms with Crippen LogP contribution in [0.2, 0.25) is 0 Å². The third kappa shape index (κ3) is 6.54. The standard InChI is InChI=1S/C36H31N3O5S2/c1-22-11-13-24(14-12-22)21-45-36-38-37-35(46-36)39-31(26-9-6-10-29(19-26)43-3)30(33(41)34(39)42)32(40)25-15-17-28(18-16-25)44-20-27-8-5-4-7-23(27)2/h4-19,31,40H,20-21H2,1-3H3. The van der Waals surface area contributed by atoms with Crippen molar-refractivity contribution < 1.29 is 24.2 Å². The highest BCUT2D eigenvalue weighted by Crippen LogP contribution is 2.44. The van der Waals surface area contributed by atoms with Gasteiger partial charge in [0.15, 0.2) is 4.34 Å². The van der Waals surface area contributed by atoms with Gasteiger partial charge in [0.1, 0.15) is 23.9 Å². The summed E-state index contributed by atoms with van der Waals surface area (Å²) < 4.78 is 12.1. The Labute approximate surface area is 275 Å². The molecule has 0 saturated carbocycles. The first-order chi connectivity index (χ1) is 22.3. The summed E-state index contributed by atoms with van der Waals surface area (Å²) >= 11 is 2.73. The number of carbonyl (C=O) groups is 2. The molecule has 1 aromatic heterocycles. The number of thioether (sulfide) groups is 1. The van der Waals surface area contributed by atoms with Crippen molar-refractivity contribution in [1.82, 2.24) is 10.2 Å². The van der Waals surface area contributed by atoms with Gasteiger partial charge in [-0.05, 0) is 72.5 Å². The third-order valence-corrected chi connectivity index (χ3v) is 9.85. The number of carbonyl (C=O) groups excluding carboxylic acids is 2. The van der Waals surface area contributed by atoms with Crippen LogP contribution in [0.4, 0.5) is 5.13 Å². The van der Waals surface area contributed by atoms with E-state index in [0.29, 0.717) is 39.3 Å². The van der Waals surface area contributed by atoms with Crippen molar-refractivity contribution in [2.45, 2.75) is 36.6 Å². The van der Waals surface area contributed by atoms with Gasteiger partial charge in [0, 0.05) is 11.3 Å². The molecule has 1 atom stereocenters. The molecule has 8 nitrogen and oxygen atoms in total. The summed E-state index contributed by atoms with van der Waals surface area (Å²) in [5, 5.41) is 20.4. The van der Waals surface area contributed by atoms with Crippen LogP contribution in [0.1, 0.15) is 39.4 Å². The molecule has 6 rings (SSSR count). The summed E-state index contributed by atoms with van der Waals surface area (Å²) in [5.41, 5.74) is 5.43. The zero-order valence-corrected chi connectivity index (χ0v) is 27.1. The van der Waals surface area contributed by atoms with Crippen LogP contribution in [0.5, 0.6) is 11.5 Å². The Balaban J connectivity index is 1.31. The molecule has 1 aliphatic heterocycles. The highest BCUT2D eigenvalue weighted by atomic mass is 32.2. The van der Waals surface area contributed by atoms with Crippen LogP contribution in [0.25, 0.3) is 5.76 Å². The molecule has 0 radical (unpaired) electrons. The Morgan fingerprint density at radius 2 is 1.67 bits per heavy atom. The Kier molecular flexibility index (Phi) is 9.18. The van der Waals surface area contributed by atoms with Gasteiger partial charge in [-0.2, -0.15) is 0 Å². The maximum Gasteiger partial charge on any atom is 0.301 e. The van der Waals surface area contributed by atoms with Gasteiger partial charge < -0.3 is 14.6 Å². The maximum absolute atomic E-state index is 13.6. The normalized spacial score (nSPS) is 15.7. The number of methoxy groups -OCH3 is 1. The van der Waals surface area contributed by atoms with Crippen molar-refractivity contribution in [3.63, 3.8) is 0 Å². The molecule has 1 aliphatic rings. The average Bonchev–Trinajstić information content (AvgIpc) is 3.65. The minimum atomic E-state index is -0.949. The van der Waals surface area contributed by atoms with Crippen molar-refractivity contribution in [2.24, 2.45) is 0 Å². The molecular weight excluding hydrogens is 619 g/mol. The third-order valence-electron chi connectivity index (χ3n) is 7.72. The van der Waals surface area contributed by atoms with Crippen LogP contribution in [0.3, 0.4) is 0 Å². The molecule has 1 unspecified atom stereocenters. The van der Waals surface area contributed by atoms with Crippen LogP contribution >= 0.6 is 23.1 Å². The lowest BCUT2D eigenvalue weighted by Gasteiger charge is -2.23. The van der Waals surface area contributed by atoms with Gasteiger partial charge in [0.05, 0.1) is 18.7 Å². The van der Waals surface area contributed by atoms with E-state index < -0.39 is 17.7 Å². The highest BCUT2D eigenvalue weighted by Gasteiger charge is 2.48. The first-order valence-corrected chi connectivity index (χ1v) is 16.4. The van der Waals surface area contributed by atoms with Gasteiger partial charge in [0.25, 0.3) is 5.78 Å². The van der Waals surface area contributed by atoms with Crippen LogP contribution < -0.4 is 14.4 Å². The number of amides is 1. The molecule has 1 fully saturated rings. The number of hydrogen-bond donors (Lipinski definition) is 1. The zero-order chi connectivity index (χ0) is 32.2. The molecule has 0 bridgehead atoms. The van der Waals surface area contributed by atoms with Gasteiger partial charge in [-0.25, -0.2) is 0 Å². The fourth-order valence-electron chi connectivity index (χ4n) is 5.14. The molecule has 4 aromatic carbocycles. The minimum Gasteiger partial charge on any atom is -0.507 e. The van der Waals surface area contributed by atoms with E-state index in [9.17, 15) is 14.7 Å². The smallest absolute Gasteiger partial charge is 0.301 e. The first kappa shape index (κ1) is 31.1. The van der Waals surface area contributed by atoms with E-state index >= 15 is 0 Å². The number of Topliss-reactive ketones (excluding diaryl/α,β-unsaturated/α-hetero) is 1. The molecule has 2 heterocycles. The quantitative estimate of drug-likeness (QED) is 0.0541. The first-order valence-electron chi connectivity index (χ1n) is 14.6.